The van der Waals surface area contributed by atoms with E-state index in [0.29, 0.717) is 12.2 Å². The Morgan fingerprint density at radius 3 is 3.07 bits per heavy atom. The zero-order chi connectivity index (χ0) is 9.99. The monoisotopic (exact) mass is 206 g/mol. The number of hydrogen-bond acceptors (Lipinski definition) is 2. The summed E-state index contributed by atoms with van der Waals surface area (Å²) in [5.41, 5.74) is 0. The van der Waals surface area contributed by atoms with Crippen molar-refractivity contribution in [2.24, 2.45) is 29.6 Å². The van der Waals surface area contributed by atoms with Gasteiger partial charge in [0.15, 0.2) is 0 Å². The van der Waals surface area contributed by atoms with Crippen molar-refractivity contribution in [3.05, 3.63) is 12.8 Å². The second-order valence-electron chi connectivity index (χ2n) is 5.77. The normalized spacial score (nSPS) is 58.8. The van der Waals surface area contributed by atoms with Crippen molar-refractivity contribution in [1.29, 1.82) is 0 Å². The summed E-state index contributed by atoms with van der Waals surface area (Å²) in [6.07, 6.45) is 7.11. The minimum atomic E-state index is 0.657. The fourth-order valence-corrected chi connectivity index (χ4v) is 4.86. The van der Waals surface area contributed by atoms with Gasteiger partial charge in [0.25, 0.3) is 0 Å². The van der Waals surface area contributed by atoms with Crippen molar-refractivity contribution >= 4 is 0 Å². The lowest BCUT2D eigenvalue weighted by Crippen LogP contribution is -2.30. The molecule has 0 radical (unpaired) electrons. The lowest BCUT2D eigenvalue weighted by atomic mass is 9.75. The third kappa shape index (κ3) is 1.04. The van der Waals surface area contributed by atoms with E-state index < -0.39 is 0 Å². The van der Waals surface area contributed by atoms with Gasteiger partial charge in [0.1, 0.15) is 0 Å². The molecule has 1 saturated heterocycles. The first kappa shape index (κ1) is 8.63. The van der Waals surface area contributed by atoms with Crippen molar-refractivity contribution < 1.29 is 9.47 Å². The third-order valence-electron chi connectivity index (χ3n) is 5.31. The SMILES string of the molecule is C=COCC1CC2CC1C1CC3OC3C21. The first-order valence-electron chi connectivity index (χ1n) is 6.26. The topological polar surface area (TPSA) is 21.8 Å². The van der Waals surface area contributed by atoms with Crippen LogP contribution in [0.15, 0.2) is 12.8 Å². The van der Waals surface area contributed by atoms with E-state index in [1.165, 1.54) is 19.3 Å². The molecule has 4 fully saturated rings. The molecule has 3 saturated carbocycles. The maximum Gasteiger partial charge on any atom is 0.0903 e. The van der Waals surface area contributed by atoms with Crippen LogP contribution < -0.4 is 0 Å². The van der Waals surface area contributed by atoms with Gasteiger partial charge in [-0.25, -0.2) is 0 Å². The molecule has 0 aromatic rings. The summed E-state index contributed by atoms with van der Waals surface area (Å²) in [6.45, 7) is 4.53. The van der Waals surface area contributed by atoms with Crippen LogP contribution >= 0.6 is 0 Å². The summed E-state index contributed by atoms with van der Waals surface area (Å²) in [5.74, 6) is 4.62. The van der Waals surface area contributed by atoms with Gasteiger partial charge in [-0.1, -0.05) is 6.58 Å². The van der Waals surface area contributed by atoms with Crippen molar-refractivity contribution in [2.45, 2.75) is 31.5 Å². The molecular formula is C13H18O2. The molecule has 2 bridgehead atoms. The average molecular weight is 206 g/mol. The smallest absolute Gasteiger partial charge is 0.0903 e. The van der Waals surface area contributed by atoms with Crippen LogP contribution in [0.5, 0.6) is 0 Å². The molecule has 7 unspecified atom stereocenters. The summed E-state index contributed by atoms with van der Waals surface area (Å²) in [4.78, 5) is 0. The van der Waals surface area contributed by atoms with Gasteiger partial charge in [-0.2, -0.15) is 0 Å². The Kier molecular flexibility index (Phi) is 1.60. The average Bonchev–Trinajstić information content (AvgIpc) is 2.66. The highest BCUT2D eigenvalue weighted by Crippen LogP contribution is 2.65. The lowest BCUT2D eigenvalue weighted by molar-refractivity contribution is 0.0748. The van der Waals surface area contributed by atoms with Crippen molar-refractivity contribution in [3.8, 4) is 0 Å². The summed E-state index contributed by atoms with van der Waals surface area (Å²) in [5, 5.41) is 0. The first-order valence-corrected chi connectivity index (χ1v) is 6.26. The largest absolute Gasteiger partial charge is 0.502 e. The Balaban J connectivity index is 1.50. The molecule has 0 N–H and O–H groups in total. The van der Waals surface area contributed by atoms with E-state index in [1.807, 2.05) is 0 Å². The van der Waals surface area contributed by atoms with E-state index >= 15 is 0 Å². The molecular weight excluding hydrogens is 188 g/mol. The fourth-order valence-electron chi connectivity index (χ4n) is 4.86. The molecule has 4 rings (SSSR count). The van der Waals surface area contributed by atoms with E-state index in [-0.39, 0.29) is 0 Å². The van der Waals surface area contributed by atoms with Crippen LogP contribution in [0.25, 0.3) is 0 Å². The lowest BCUT2D eigenvalue weighted by Gasteiger charge is -2.32. The Bertz CT molecular complexity index is 301. The molecule has 0 amide bonds. The van der Waals surface area contributed by atoms with E-state index in [4.69, 9.17) is 9.47 Å². The maximum absolute atomic E-state index is 5.69. The van der Waals surface area contributed by atoms with E-state index in [1.54, 1.807) is 6.26 Å². The fraction of sp³-hybridized carbons (Fsp3) is 0.846. The third-order valence-corrected chi connectivity index (χ3v) is 5.31. The molecule has 2 heteroatoms. The zero-order valence-corrected chi connectivity index (χ0v) is 8.97. The maximum atomic E-state index is 5.69. The number of epoxide rings is 1. The number of hydrogen-bond donors (Lipinski definition) is 0. The van der Waals surface area contributed by atoms with Gasteiger partial charge in [0.05, 0.1) is 25.1 Å². The second-order valence-corrected chi connectivity index (χ2v) is 5.77. The molecule has 1 heterocycles. The van der Waals surface area contributed by atoms with Gasteiger partial charge >= 0.3 is 0 Å². The molecule has 3 aliphatic carbocycles. The summed E-state index contributed by atoms with van der Waals surface area (Å²) in [6, 6.07) is 0. The number of ether oxygens (including phenoxy) is 2. The molecule has 0 aromatic carbocycles. The van der Waals surface area contributed by atoms with Crippen LogP contribution in [0, 0.1) is 29.6 Å². The van der Waals surface area contributed by atoms with Crippen molar-refractivity contribution in [2.75, 3.05) is 6.61 Å². The Labute approximate surface area is 90.6 Å². The van der Waals surface area contributed by atoms with Crippen LogP contribution in [0.3, 0.4) is 0 Å². The predicted octanol–water partition coefficient (Wildman–Crippen LogP) is 2.21. The van der Waals surface area contributed by atoms with Crippen molar-refractivity contribution in [3.63, 3.8) is 0 Å². The van der Waals surface area contributed by atoms with Gasteiger partial charge in [-0.3, -0.25) is 0 Å². The standard InChI is InChI=1S/C13H18O2/c1-2-14-6-8-3-7-4-9(8)10-5-11-13(15-11)12(7)10/h2,7-13H,1,3-6H2. The van der Waals surface area contributed by atoms with Crippen LogP contribution in [0.2, 0.25) is 0 Å². The summed E-state index contributed by atoms with van der Waals surface area (Å²) < 4.78 is 11.1. The van der Waals surface area contributed by atoms with Gasteiger partial charge in [0, 0.05) is 0 Å². The number of rotatable bonds is 3. The minimum absolute atomic E-state index is 0.657. The van der Waals surface area contributed by atoms with Gasteiger partial charge in [-0.15, -0.1) is 0 Å². The molecule has 82 valence electrons. The van der Waals surface area contributed by atoms with Crippen LogP contribution in [0.1, 0.15) is 19.3 Å². The molecule has 0 aromatic heterocycles. The molecule has 4 aliphatic rings. The van der Waals surface area contributed by atoms with Gasteiger partial charge in [-0.05, 0) is 48.9 Å². The highest BCUT2D eigenvalue weighted by atomic mass is 16.6. The second kappa shape index (κ2) is 2.79. The number of fused-ring (bicyclic) bond motifs is 7. The summed E-state index contributed by atoms with van der Waals surface area (Å²) >= 11 is 0. The van der Waals surface area contributed by atoms with Crippen LogP contribution in [-0.4, -0.2) is 18.8 Å². The first-order chi connectivity index (χ1) is 7.38. The molecule has 1 aliphatic heterocycles. The quantitative estimate of drug-likeness (QED) is 0.521. The van der Waals surface area contributed by atoms with Crippen molar-refractivity contribution in [1.82, 2.24) is 0 Å². The van der Waals surface area contributed by atoms with Gasteiger partial charge < -0.3 is 9.47 Å². The Hall–Kier alpha value is -0.500. The predicted molar refractivity (Wildman–Crippen MR) is 56.1 cm³/mol. The molecule has 2 nitrogen and oxygen atoms in total. The van der Waals surface area contributed by atoms with E-state index in [0.717, 1.165) is 36.2 Å². The molecule has 7 atom stereocenters. The highest BCUT2D eigenvalue weighted by Gasteiger charge is 2.66. The van der Waals surface area contributed by atoms with Crippen LogP contribution in [0.4, 0.5) is 0 Å². The molecule has 15 heavy (non-hydrogen) atoms. The Morgan fingerprint density at radius 2 is 2.20 bits per heavy atom. The molecule has 0 spiro atoms. The minimum Gasteiger partial charge on any atom is -0.502 e. The Morgan fingerprint density at radius 1 is 1.27 bits per heavy atom. The summed E-state index contributed by atoms with van der Waals surface area (Å²) in [7, 11) is 0. The highest BCUT2D eigenvalue weighted by molar-refractivity contribution is 5.13. The zero-order valence-electron chi connectivity index (χ0n) is 8.97. The van der Waals surface area contributed by atoms with Crippen LogP contribution in [-0.2, 0) is 9.47 Å². The van der Waals surface area contributed by atoms with E-state index in [9.17, 15) is 0 Å². The van der Waals surface area contributed by atoms with Gasteiger partial charge in [0.2, 0.25) is 0 Å². The van der Waals surface area contributed by atoms with E-state index in [2.05, 4.69) is 6.58 Å².